The van der Waals surface area contributed by atoms with E-state index in [0.29, 0.717) is 41.8 Å². The smallest absolute Gasteiger partial charge is 0.255 e. The summed E-state index contributed by atoms with van der Waals surface area (Å²) in [5, 5.41) is 16.1. The fraction of sp³-hybridized carbons (Fsp3) is 0.439. The van der Waals surface area contributed by atoms with Gasteiger partial charge in [-0.15, -0.1) is 21.5 Å². The molecule has 2 atom stereocenters. The van der Waals surface area contributed by atoms with Crippen LogP contribution in [-0.4, -0.2) is 86.1 Å². The quantitative estimate of drug-likeness (QED) is 0.155. The standard InChI is InChI=1S/C41H45ClN8O4S/c1-23-24(2)55-41-36(23)37(27-6-9-30(42)10-7-27)44-32(38-47-46-25(3)50(38)41)21-35(52)43-16-4-5-17-48-18-14-26(15-19-48)28-8-11-31-29(20-28)22-49(40(31)54)33-12-13-34(51)45-39(33)53/h6-11,20,26,32-33H,4-5,12-19,21-22H2,1-3H3,(H,43,52)(H,45,51,53)/t32-,33?/m0/s1. The Balaban J connectivity index is 0.826. The van der Waals surface area contributed by atoms with E-state index in [1.165, 1.54) is 10.4 Å². The molecule has 2 fully saturated rings. The zero-order valence-electron chi connectivity index (χ0n) is 31.4. The number of aryl methyl sites for hydroxylation is 2. The summed E-state index contributed by atoms with van der Waals surface area (Å²) in [6.45, 7) is 10.1. The highest BCUT2D eigenvalue weighted by atomic mass is 35.5. The number of nitrogens with one attached hydrogen (secondary N) is 2. The molecule has 286 valence electrons. The van der Waals surface area contributed by atoms with Gasteiger partial charge in [0, 0.05) is 46.1 Å². The number of carbonyl (C=O) groups excluding carboxylic acids is 4. The van der Waals surface area contributed by atoms with Gasteiger partial charge >= 0.3 is 0 Å². The van der Waals surface area contributed by atoms with Crippen LogP contribution in [0.2, 0.25) is 5.02 Å². The second-order valence-electron chi connectivity index (χ2n) is 15.1. The van der Waals surface area contributed by atoms with Crippen molar-refractivity contribution in [3.8, 4) is 5.00 Å². The number of aliphatic imine (C=N–C) groups is 1. The number of thiophene rings is 1. The van der Waals surface area contributed by atoms with Gasteiger partial charge in [0.15, 0.2) is 5.82 Å². The van der Waals surface area contributed by atoms with Gasteiger partial charge in [0.1, 0.15) is 22.9 Å². The van der Waals surface area contributed by atoms with Gasteiger partial charge in [-0.3, -0.25) is 34.1 Å². The highest BCUT2D eigenvalue weighted by molar-refractivity contribution is 7.15. The van der Waals surface area contributed by atoms with Crippen LogP contribution in [0, 0.1) is 20.8 Å². The van der Waals surface area contributed by atoms with Gasteiger partial charge in [0.05, 0.1) is 12.1 Å². The molecular weight excluding hydrogens is 736 g/mol. The molecule has 0 saturated carbocycles. The fourth-order valence-electron chi connectivity index (χ4n) is 8.41. The third-order valence-electron chi connectivity index (χ3n) is 11.6. The summed E-state index contributed by atoms with van der Waals surface area (Å²) in [6, 6.07) is 12.7. The number of hydrogen-bond acceptors (Lipinski definition) is 9. The predicted molar refractivity (Wildman–Crippen MR) is 211 cm³/mol. The van der Waals surface area contributed by atoms with Crippen LogP contribution in [-0.2, 0) is 20.9 Å². The van der Waals surface area contributed by atoms with E-state index in [9.17, 15) is 19.2 Å². The summed E-state index contributed by atoms with van der Waals surface area (Å²) in [5.41, 5.74) is 6.84. The number of unbranched alkanes of at least 4 members (excludes halogenated alkanes) is 1. The lowest BCUT2D eigenvalue weighted by atomic mass is 9.88. The SMILES string of the molecule is Cc1sc2c(c1C)C(c1ccc(Cl)cc1)=N[C@@H](CC(=O)NCCCCN1CCC(c3ccc4c(c3)CN(C3CCC(=O)NC3=O)C4=O)CC1)c1nnc(C)n1-2. The number of benzene rings is 2. The summed E-state index contributed by atoms with van der Waals surface area (Å²) in [7, 11) is 0. The zero-order chi connectivity index (χ0) is 38.4. The maximum absolute atomic E-state index is 13.4. The van der Waals surface area contributed by atoms with E-state index in [1.807, 2.05) is 37.3 Å². The molecule has 1 unspecified atom stereocenters. The Labute approximate surface area is 329 Å². The van der Waals surface area contributed by atoms with Crippen molar-refractivity contribution in [2.45, 2.75) is 90.3 Å². The first-order valence-corrected chi connectivity index (χ1v) is 20.4. The van der Waals surface area contributed by atoms with Crippen molar-refractivity contribution in [2.75, 3.05) is 26.2 Å². The number of rotatable bonds is 10. The normalized spacial score (nSPS) is 20.1. The van der Waals surface area contributed by atoms with E-state index in [2.05, 4.69) is 56.3 Å². The van der Waals surface area contributed by atoms with Crippen molar-refractivity contribution in [3.05, 3.63) is 97.4 Å². The topological polar surface area (TPSA) is 142 Å². The molecule has 12 nitrogen and oxygen atoms in total. The number of likely N-dealkylation sites (tertiary alicyclic amines) is 1. The van der Waals surface area contributed by atoms with Gasteiger partial charge < -0.3 is 15.1 Å². The Morgan fingerprint density at radius 1 is 1.00 bits per heavy atom. The molecule has 4 aliphatic rings. The molecule has 55 heavy (non-hydrogen) atoms. The van der Waals surface area contributed by atoms with E-state index >= 15 is 0 Å². The second-order valence-corrected chi connectivity index (χ2v) is 16.7. The minimum atomic E-state index is -0.599. The summed E-state index contributed by atoms with van der Waals surface area (Å²) >= 11 is 7.94. The first-order valence-electron chi connectivity index (χ1n) is 19.2. The predicted octanol–water partition coefficient (Wildman–Crippen LogP) is 5.73. The lowest BCUT2D eigenvalue weighted by molar-refractivity contribution is -0.137. The summed E-state index contributed by atoms with van der Waals surface area (Å²) < 4.78 is 2.07. The van der Waals surface area contributed by atoms with Gasteiger partial charge in [0.2, 0.25) is 17.7 Å². The highest BCUT2D eigenvalue weighted by Crippen LogP contribution is 2.40. The van der Waals surface area contributed by atoms with E-state index in [0.717, 1.165) is 84.1 Å². The van der Waals surface area contributed by atoms with E-state index in [1.54, 1.807) is 16.2 Å². The van der Waals surface area contributed by atoms with Crippen molar-refractivity contribution in [2.24, 2.45) is 4.99 Å². The minimum absolute atomic E-state index is 0.0633. The number of fused-ring (bicyclic) bond motifs is 4. The largest absolute Gasteiger partial charge is 0.356 e. The number of hydrogen-bond donors (Lipinski definition) is 2. The lowest BCUT2D eigenvalue weighted by Gasteiger charge is -2.32. The number of aromatic nitrogens is 3. The fourth-order valence-corrected chi connectivity index (χ4v) is 9.75. The van der Waals surface area contributed by atoms with Crippen molar-refractivity contribution >= 4 is 52.3 Å². The van der Waals surface area contributed by atoms with Gasteiger partial charge in [-0.05, 0) is 113 Å². The maximum Gasteiger partial charge on any atom is 0.255 e. The van der Waals surface area contributed by atoms with E-state index < -0.39 is 12.1 Å². The van der Waals surface area contributed by atoms with Crippen LogP contribution in [0.4, 0.5) is 0 Å². The molecule has 2 aromatic carbocycles. The van der Waals surface area contributed by atoms with Gasteiger partial charge in [-0.25, -0.2) is 0 Å². The summed E-state index contributed by atoms with van der Waals surface area (Å²) in [5.74, 6) is 0.993. The molecule has 2 saturated heterocycles. The molecule has 2 N–H and O–H groups in total. The number of nitrogens with zero attached hydrogens (tertiary/aromatic N) is 6. The molecule has 2 aromatic heterocycles. The monoisotopic (exact) mass is 780 g/mol. The number of piperidine rings is 2. The molecule has 6 heterocycles. The van der Waals surface area contributed by atoms with Crippen LogP contribution in [0.5, 0.6) is 0 Å². The molecule has 4 aromatic rings. The molecule has 0 aliphatic carbocycles. The van der Waals surface area contributed by atoms with Crippen LogP contribution in [0.1, 0.15) is 112 Å². The molecule has 4 aliphatic heterocycles. The zero-order valence-corrected chi connectivity index (χ0v) is 32.9. The van der Waals surface area contributed by atoms with Crippen LogP contribution < -0.4 is 10.6 Å². The molecule has 0 bridgehead atoms. The first-order chi connectivity index (χ1) is 26.5. The Bertz CT molecular complexity index is 2200. The van der Waals surface area contributed by atoms with Crippen molar-refractivity contribution in [1.82, 2.24) is 35.2 Å². The van der Waals surface area contributed by atoms with Gasteiger partial charge in [-0.1, -0.05) is 35.9 Å². The van der Waals surface area contributed by atoms with Crippen molar-refractivity contribution < 1.29 is 19.2 Å². The number of imide groups is 1. The second kappa shape index (κ2) is 15.4. The van der Waals surface area contributed by atoms with Crippen LogP contribution in [0.3, 0.4) is 0 Å². The minimum Gasteiger partial charge on any atom is -0.356 e. The van der Waals surface area contributed by atoms with E-state index in [4.69, 9.17) is 16.6 Å². The number of amides is 4. The Hall–Kier alpha value is -4.72. The average molecular weight is 781 g/mol. The summed E-state index contributed by atoms with van der Waals surface area (Å²) in [4.78, 5) is 61.1. The van der Waals surface area contributed by atoms with Crippen LogP contribution >= 0.6 is 22.9 Å². The number of carbonyl (C=O) groups is 4. The lowest BCUT2D eigenvalue weighted by Crippen LogP contribution is -2.52. The Morgan fingerprint density at radius 3 is 2.55 bits per heavy atom. The molecule has 0 radical (unpaired) electrons. The Kier molecular flexibility index (Phi) is 10.4. The molecule has 4 amide bonds. The van der Waals surface area contributed by atoms with E-state index in [-0.39, 0.29) is 36.5 Å². The molecule has 8 rings (SSSR count). The van der Waals surface area contributed by atoms with Crippen molar-refractivity contribution in [3.63, 3.8) is 0 Å². The number of halogens is 1. The average Bonchev–Trinajstić information content (AvgIpc) is 3.78. The van der Waals surface area contributed by atoms with Crippen LogP contribution in [0.15, 0.2) is 47.5 Å². The van der Waals surface area contributed by atoms with Crippen molar-refractivity contribution in [1.29, 1.82) is 0 Å². The summed E-state index contributed by atoms with van der Waals surface area (Å²) in [6.07, 6.45) is 4.72. The third-order valence-corrected chi connectivity index (χ3v) is 13.0. The first kappa shape index (κ1) is 37.2. The van der Waals surface area contributed by atoms with Crippen LogP contribution in [0.25, 0.3) is 5.00 Å². The van der Waals surface area contributed by atoms with Gasteiger partial charge in [-0.2, -0.15) is 0 Å². The molecule has 14 heteroatoms. The maximum atomic E-state index is 13.4. The van der Waals surface area contributed by atoms with Gasteiger partial charge in [0.25, 0.3) is 5.91 Å². The highest BCUT2D eigenvalue weighted by Gasteiger charge is 2.39. The molecule has 0 spiro atoms. The molecular formula is C41H45ClN8O4S. The third kappa shape index (κ3) is 7.37. The Morgan fingerprint density at radius 2 is 1.78 bits per heavy atom.